The van der Waals surface area contributed by atoms with Gasteiger partial charge in [0.05, 0.1) is 13.2 Å². The molecule has 1 heterocycles. The zero-order valence-corrected chi connectivity index (χ0v) is 10.9. The van der Waals surface area contributed by atoms with Crippen molar-refractivity contribution in [2.45, 2.75) is 25.5 Å². The Hall–Kier alpha value is -0.330. The second kappa shape index (κ2) is 4.67. The third-order valence-corrected chi connectivity index (χ3v) is 3.28. The van der Waals surface area contributed by atoms with Crippen LogP contribution in [0.2, 0.25) is 0 Å². The first kappa shape index (κ1) is 11.2. The standard InChI is InChI=1S/C11H14INO2/c1-3-9-11(13-14-2)8-6-7(12)4-5-10(8)15-9/h4-6,9,11,13H,3H2,1-2H3. The largest absolute Gasteiger partial charge is 0.488 e. The average molecular weight is 319 g/mol. The molecule has 1 aromatic rings. The molecule has 0 fully saturated rings. The zero-order chi connectivity index (χ0) is 10.8. The Kier molecular flexibility index (Phi) is 3.48. The maximum atomic E-state index is 5.83. The van der Waals surface area contributed by atoms with Crippen molar-refractivity contribution in [1.82, 2.24) is 5.48 Å². The third-order valence-electron chi connectivity index (χ3n) is 2.60. The van der Waals surface area contributed by atoms with Gasteiger partial charge in [-0.15, -0.1) is 0 Å². The summed E-state index contributed by atoms with van der Waals surface area (Å²) in [6.07, 6.45) is 1.13. The fraction of sp³-hybridized carbons (Fsp3) is 0.455. The van der Waals surface area contributed by atoms with E-state index in [1.807, 2.05) is 6.07 Å². The second-order valence-corrected chi connectivity index (χ2v) is 4.79. The van der Waals surface area contributed by atoms with Gasteiger partial charge in [0.1, 0.15) is 11.9 Å². The van der Waals surface area contributed by atoms with Gasteiger partial charge in [0.25, 0.3) is 0 Å². The number of benzene rings is 1. The lowest BCUT2D eigenvalue weighted by Gasteiger charge is -2.17. The Labute approximate surface area is 103 Å². The van der Waals surface area contributed by atoms with Crippen LogP contribution in [0.3, 0.4) is 0 Å². The van der Waals surface area contributed by atoms with Crippen molar-refractivity contribution >= 4 is 22.6 Å². The maximum absolute atomic E-state index is 5.83. The van der Waals surface area contributed by atoms with Crippen molar-refractivity contribution in [2.75, 3.05) is 7.11 Å². The van der Waals surface area contributed by atoms with Crippen LogP contribution in [0.5, 0.6) is 5.75 Å². The van der Waals surface area contributed by atoms with E-state index in [-0.39, 0.29) is 12.1 Å². The van der Waals surface area contributed by atoms with Crippen LogP contribution in [0.15, 0.2) is 18.2 Å². The van der Waals surface area contributed by atoms with Gasteiger partial charge in [-0.2, -0.15) is 5.48 Å². The Morgan fingerprint density at radius 2 is 2.33 bits per heavy atom. The van der Waals surface area contributed by atoms with Gasteiger partial charge in [0, 0.05) is 9.13 Å². The lowest BCUT2D eigenvalue weighted by molar-refractivity contribution is 0.0283. The topological polar surface area (TPSA) is 30.5 Å². The summed E-state index contributed by atoms with van der Waals surface area (Å²) < 4.78 is 7.05. The lowest BCUT2D eigenvalue weighted by atomic mass is 10.0. The number of hydrogen-bond acceptors (Lipinski definition) is 3. The summed E-state index contributed by atoms with van der Waals surface area (Å²) in [6, 6.07) is 6.37. The molecule has 82 valence electrons. The van der Waals surface area contributed by atoms with Crippen LogP contribution in [-0.2, 0) is 4.84 Å². The summed E-state index contributed by atoms with van der Waals surface area (Å²) >= 11 is 2.31. The molecule has 0 radical (unpaired) electrons. The summed E-state index contributed by atoms with van der Waals surface area (Å²) in [7, 11) is 1.64. The number of rotatable bonds is 3. The SMILES string of the molecule is CCC1Oc2ccc(I)cc2C1NOC. The Morgan fingerprint density at radius 3 is 3.00 bits per heavy atom. The molecule has 0 bridgehead atoms. The molecular formula is C11H14INO2. The van der Waals surface area contributed by atoms with Crippen LogP contribution in [-0.4, -0.2) is 13.2 Å². The number of halogens is 1. The van der Waals surface area contributed by atoms with Gasteiger partial charge in [-0.3, -0.25) is 0 Å². The minimum Gasteiger partial charge on any atom is -0.488 e. The first-order chi connectivity index (χ1) is 7.26. The lowest BCUT2D eigenvalue weighted by Crippen LogP contribution is -2.29. The molecule has 1 aliphatic rings. The van der Waals surface area contributed by atoms with Crippen LogP contribution in [0.1, 0.15) is 24.9 Å². The van der Waals surface area contributed by atoms with Crippen molar-refractivity contribution < 1.29 is 9.57 Å². The number of ether oxygens (including phenoxy) is 1. The molecule has 2 atom stereocenters. The molecule has 0 saturated heterocycles. The number of fused-ring (bicyclic) bond motifs is 1. The first-order valence-electron chi connectivity index (χ1n) is 5.01. The van der Waals surface area contributed by atoms with Gasteiger partial charge in [-0.25, -0.2) is 0 Å². The summed E-state index contributed by atoms with van der Waals surface area (Å²) in [5, 5.41) is 0. The summed E-state index contributed by atoms with van der Waals surface area (Å²) in [5.74, 6) is 0.969. The minimum atomic E-state index is 0.143. The number of hydroxylamine groups is 1. The molecule has 2 unspecified atom stereocenters. The van der Waals surface area contributed by atoms with Crippen molar-refractivity contribution in [2.24, 2.45) is 0 Å². The van der Waals surface area contributed by atoms with Gasteiger partial charge in [0.2, 0.25) is 0 Å². The van der Waals surface area contributed by atoms with Crippen molar-refractivity contribution in [1.29, 1.82) is 0 Å². The second-order valence-electron chi connectivity index (χ2n) is 3.55. The highest BCUT2D eigenvalue weighted by Gasteiger charge is 2.33. The molecule has 15 heavy (non-hydrogen) atoms. The van der Waals surface area contributed by atoms with Crippen LogP contribution in [0.4, 0.5) is 0 Å². The molecule has 1 aromatic carbocycles. The highest BCUT2D eigenvalue weighted by Crippen LogP contribution is 2.38. The molecule has 2 rings (SSSR count). The Balaban J connectivity index is 2.32. The van der Waals surface area contributed by atoms with Crippen molar-refractivity contribution in [3.63, 3.8) is 0 Å². The van der Waals surface area contributed by atoms with Crippen LogP contribution in [0, 0.1) is 3.57 Å². The fourth-order valence-corrected chi connectivity index (χ4v) is 2.40. The van der Waals surface area contributed by atoms with Gasteiger partial charge in [0.15, 0.2) is 0 Å². The van der Waals surface area contributed by atoms with Gasteiger partial charge in [-0.1, -0.05) is 6.92 Å². The van der Waals surface area contributed by atoms with E-state index in [0.717, 1.165) is 12.2 Å². The van der Waals surface area contributed by atoms with E-state index in [2.05, 4.69) is 47.1 Å². The van der Waals surface area contributed by atoms with Gasteiger partial charge < -0.3 is 9.57 Å². The molecule has 1 N–H and O–H groups in total. The Morgan fingerprint density at radius 1 is 1.53 bits per heavy atom. The molecule has 0 amide bonds. The third kappa shape index (κ3) is 2.11. The Bertz CT molecular complexity index is 356. The van der Waals surface area contributed by atoms with Gasteiger partial charge >= 0.3 is 0 Å². The highest BCUT2D eigenvalue weighted by molar-refractivity contribution is 14.1. The van der Waals surface area contributed by atoms with Gasteiger partial charge in [-0.05, 0) is 47.2 Å². The van der Waals surface area contributed by atoms with Crippen molar-refractivity contribution in [3.8, 4) is 5.75 Å². The molecule has 3 nitrogen and oxygen atoms in total. The van der Waals surface area contributed by atoms with E-state index in [1.54, 1.807) is 7.11 Å². The summed E-state index contributed by atoms with van der Waals surface area (Å²) in [4.78, 5) is 5.02. The minimum absolute atomic E-state index is 0.143. The zero-order valence-electron chi connectivity index (χ0n) is 8.79. The molecule has 0 aliphatic carbocycles. The van der Waals surface area contributed by atoms with E-state index in [1.165, 1.54) is 9.13 Å². The molecule has 0 spiro atoms. The van der Waals surface area contributed by atoms with E-state index < -0.39 is 0 Å². The maximum Gasteiger partial charge on any atom is 0.124 e. The van der Waals surface area contributed by atoms with E-state index >= 15 is 0 Å². The molecule has 0 aromatic heterocycles. The molecular weight excluding hydrogens is 305 g/mol. The molecule has 4 heteroatoms. The van der Waals surface area contributed by atoms with Crippen LogP contribution < -0.4 is 10.2 Å². The monoisotopic (exact) mass is 319 g/mol. The molecule has 0 saturated carbocycles. The number of nitrogens with one attached hydrogen (secondary N) is 1. The normalized spacial score (nSPS) is 23.7. The summed E-state index contributed by atoms with van der Waals surface area (Å²) in [5.41, 5.74) is 4.19. The van der Waals surface area contributed by atoms with Crippen LogP contribution >= 0.6 is 22.6 Å². The van der Waals surface area contributed by atoms with E-state index in [9.17, 15) is 0 Å². The van der Waals surface area contributed by atoms with E-state index in [4.69, 9.17) is 9.57 Å². The van der Waals surface area contributed by atoms with Crippen molar-refractivity contribution in [3.05, 3.63) is 27.3 Å². The first-order valence-corrected chi connectivity index (χ1v) is 6.08. The predicted molar refractivity (Wildman–Crippen MR) is 66.8 cm³/mol. The predicted octanol–water partition coefficient (Wildman–Crippen LogP) is 2.65. The summed E-state index contributed by atoms with van der Waals surface area (Å²) in [6.45, 7) is 2.12. The average Bonchev–Trinajstić information content (AvgIpc) is 2.57. The van der Waals surface area contributed by atoms with Crippen LogP contribution in [0.25, 0.3) is 0 Å². The quantitative estimate of drug-likeness (QED) is 0.686. The fourth-order valence-electron chi connectivity index (χ4n) is 1.89. The highest BCUT2D eigenvalue weighted by atomic mass is 127. The number of hydrogen-bond donors (Lipinski definition) is 1. The molecule has 1 aliphatic heterocycles. The smallest absolute Gasteiger partial charge is 0.124 e. The van der Waals surface area contributed by atoms with E-state index in [0.29, 0.717) is 0 Å².